The fourth-order valence-electron chi connectivity index (χ4n) is 3.65. The van der Waals surface area contributed by atoms with E-state index < -0.39 is 35.3 Å². The number of halogens is 4. The Morgan fingerprint density at radius 3 is 2.40 bits per heavy atom. The van der Waals surface area contributed by atoms with E-state index in [0.29, 0.717) is 12.5 Å². The Labute approximate surface area is 177 Å². The van der Waals surface area contributed by atoms with E-state index in [1.165, 1.54) is 17.2 Å². The SMILES string of the molecule is CCC(NC(=O)C(=O)Nc1ccc(Cl)cc1C(F)(F)F)c1ccc2c(c1)CCCC2. The van der Waals surface area contributed by atoms with Crippen LogP contribution in [0.5, 0.6) is 0 Å². The van der Waals surface area contributed by atoms with Crippen molar-refractivity contribution < 1.29 is 22.8 Å². The van der Waals surface area contributed by atoms with Gasteiger partial charge in [0.1, 0.15) is 0 Å². The molecule has 0 aliphatic heterocycles. The lowest BCUT2D eigenvalue weighted by Crippen LogP contribution is -2.38. The maximum Gasteiger partial charge on any atom is 0.418 e. The lowest BCUT2D eigenvalue weighted by molar-refractivity contribution is -0.138. The van der Waals surface area contributed by atoms with E-state index in [9.17, 15) is 22.8 Å². The number of alkyl halides is 3. The van der Waals surface area contributed by atoms with Gasteiger partial charge in [-0.05, 0) is 67.0 Å². The molecule has 1 aliphatic carbocycles. The molecule has 0 saturated heterocycles. The molecule has 0 aromatic heterocycles. The van der Waals surface area contributed by atoms with Crippen LogP contribution in [0.1, 0.15) is 54.5 Å². The molecule has 0 bridgehead atoms. The number of amides is 2. The Morgan fingerprint density at radius 1 is 1.03 bits per heavy atom. The highest BCUT2D eigenvalue weighted by Crippen LogP contribution is 2.36. The van der Waals surface area contributed by atoms with Gasteiger partial charge >= 0.3 is 18.0 Å². The van der Waals surface area contributed by atoms with Crippen molar-refractivity contribution in [2.75, 3.05) is 5.32 Å². The molecule has 2 N–H and O–H groups in total. The number of anilines is 1. The summed E-state index contributed by atoms with van der Waals surface area (Å²) in [5.41, 5.74) is 1.78. The van der Waals surface area contributed by atoms with E-state index in [1.54, 1.807) is 0 Å². The molecule has 0 spiro atoms. The Balaban J connectivity index is 1.73. The first kappa shape index (κ1) is 22.2. The van der Waals surface area contributed by atoms with Crippen molar-refractivity contribution in [3.63, 3.8) is 0 Å². The van der Waals surface area contributed by atoms with Crippen molar-refractivity contribution in [3.05, 3.63) is 63.7 Å². The predicted octanol–water partition coefficient (Wildman–Crippen LogP) is 5.44. The highest BCUT2D eigenvalue weighted by molar-refractivity contribution is 6.39. The molecule has 2 aromatic carbocycles. The summed E-state index contributed by atoms with van der Waals surface area (Å²) < 4.78 is 39.6. The van der Waals surface area contributed by atoms with Crippen LogP contribution in [0.2, 0.25) is 5.02 Å². The number of nitrogens with one attached hydrogen (secondary N) is 2. The molecule has 0 saturated carbocycles. The first-order valence-corrected chi connectivity index (χ1v) is 10.2. The van der Waals surface area contributed by atoms with Gasteiger partial charge in [-0.1, -0.05) is 36.7 Å². The average Bonchev–Trinajstić information content (AvgIpc) is 2.71. The molecule has 3 rings (SSSR count). The van der Waals surface area contributed by atoms with Crippen LogP contribution >= 0.6 is 11.6 Å². The van der Waals surface area contributed by atoms with Gasteiger partial charge in [-0.2, -0.15) is 13.2 Å². The molecule has 1 atom stereocenters. The molecule has 0 heterocycles. The van der Waals surface area contributed by atoms with Crippen LogP contribution in [0.25, 0.3) is 0 Å². The summed E-state index contributed by atoms with van der Waals surface area (Å²) in [6.07, 6.45) is 0.0932. The maximum absolute atomic E-state index is 13.2. The van der Waals surface area contributed by atoms with Gasteiger partial charge in [0.15, 0.2) is 0 Å². The first-order valence-electron chi connectivity index (χ1n) is 9.79. The molecule has 160 valence electrons. The number of carbonyl (C=O) groups is 2. The summed E-state index contributed by atoms with van der Waals surface area (Å²) in [4.78, 5) is 24.6. The van der Waals surface area contributed by atoms with Crippen LogP contribution < -0.4 is 10.6 Å². The number of benzene rings is 2. The monoisotopic (exact) mass is 438 g/mol. The van der Waals surface area contributed by atoms with Crippen LogP contribution in [-0.4, -0.2) is 11.8 Å². The Bertz CT molecular complexity index is 960. The maximum atomic E-state index is 13.2. The molecule has 4 nitrogen and oxygen atoms in total. The first-order chi connectivity index (χ1) is 14.2. The topological polar surface area (TPSA) is 58.2 Å². The molecule has 2 amide bonds. The smallest absolute Gasteiger partial charge is 0.341 e. The minimum atomic E-state index is -4.72. The van der Waals surface area contributed by atoms with Crippen LogP contribution in [0, 0.1) is 0 Å². The van der Waals surface area contributed by atoms with Crippen LogP contribution in [0.4, 0.5) is 18.9 Å². The summed E-state index contributed by atoms with van der Waals surface area (Å²) in [6, 6.07) is 8.55. The van der Waals surface area contributed by atoms with Crippen molar-refractivity contribution in [1.29, 1.82) is 0 Å². The lowest BCUT2D eigenvalue weighted by Gasteiger charge is -2.21. The zero-order chi connectivity index (χ0) is 21.9. The number of aryl methyl sites for hydroxylation is 2. The zero-order valence-electron chi connectivity index (χ0n) is 16.4. The van der Waals surface area contributed by atoms with E-state index in [0.717, 1.165) is 37.3 Å². The minimum Gasteiger partial charge on any atom is -0.341 e. The standard InChI is InChI=1S/C22H22ClF3N2O2/c1-2-18(15-8-7-13-5-3-4-6-14(13)11-15)27-20(29)21(30)28-19-10-9-16(23)12-17(19)22(24,25)26/h7-12,18H,2-6H2,1H3,(H,27,29)(H,28,30). The second kappa shape index (κ2) is 9.08. The van der Waals surface area contributed by atoms with Gasteiger partial charge < -0.3 is 10.6 Å². The Morgan fingerprint density at radius 2 is 1.73 bits per heavy atom. The van der Waals surface area contributed by atoms with Crippen molar-refractivity contribution >= 4 is 29.1 Å². The van der Waals surface area contributed by atoms with E-state index in [2.05, 4.69) is 5.32 Å². The second-order valence-corrected chi connectivity index (χ2v) is 7.75. The molecule has 30 heavy (non-hydrogen) atoms. The molecule has 0 radical (unpaired) electrons. The molecular weight excluding hydrogens is 417 g/mol. The molecule has 1 unspecified atom stereocenters. The zero-order valence-corrected chi connectivity index (χ0v) is 17.2. The Hall–Kier alpha value is -2.54. The predicted molar refractivity (Wildman–Crippen MR) is 109 cm³/mol. The van der Waals surface area contributed by atoms with Crippen LogP contribution in [0.15, 0.2) is 36.4 Å². The number of hydrogen-bond acceptors (Lipinski definition) is 2. The van der Waals surface area contributed by atoms with Gasteiger partial charge in [0, 0.05) is 5.02 Å². The molecule has 1 aliphatic rings. The summed E-state index contributed by atoms with van der Waals surface area (Å²) in [6.45, 7) is 1.86. The van der Waals surface area contributed by atoms with E-state index in [4.69, 9.17) is 11.6 Å². The summed E-state index contributed by atoms with van der Waals surface area (Å²) in [5, 5.41) is 4.54. The van der Waals surface area contributed by atoms with Crippen molar-refractivity contribution in [2.24, 2.45) is 0 Å². The third kappa shape index (κ3) is 5.14. The second-order valence-electron chi connectivity index (χ2n) is 7.31. The molecular formula is C22H22ClF3N2O2. The number of carbonyl (C=O) groups excluding carboxylic acids is 2. The normalized spacial score (nSPS) is 14.6. The van der Waals surface area contributed by atoms with E-state index in [1.807, 2.05) is 30.4 Å². The quantitative estimate of drug-likeness (QED) is 0.624. The van der Waals surface area contributed by atoms with Crippen LogP contribution in [-0.2, 0) is 28.6 Å². The van der Waals surface area contributed by atoms with Gasteiger partial charge in [-0.15, -0.1) is 0 Å². The minimum absolute atomic E-state index is 0.122. The fraction of sp³-hybridized carbons (Fsp3) is 0.364. The largest absolute Gasteiger partial charge is 0.418 e. The lowest BCUT2D eigenvalue weighted by atomic mass is 9.89. The average molecular weight is 439 g/mol. The third-order valence-electron chi connectivity index (χ3n) is 5.23. The van der Waals surface area contributed by atoms with Gasteiger partial charge in [0.25, 0.3) is 0 Å². The number of hydrogen-bond donors (Lipinski definition) is 2. The van der Waals surface area contributed by atoms with Gasteiger partial charge in [0.2, 0.25) is 0 Å². The highest BCUT2D eigenvalue weighted by Gasteiger charge is 2.34. The number of fused-ring (bicyclic) bond motifs is 1. The van der Waals surface area contributed by atoms with Crippen molar-refractivity contribution in [3.8, 4) is 0 Å². The third-order valence-corrected chi connectivity index (χ3v) is 5.47. The van der Waals surface area contributed by atoms with E-state index >= 15 is 0 Å². The van der Waals surface area contributed by atoms with Crippen LogP contribution in [0.3, 0.4) is 0 Å². The fourth-order valence-corrected chi connectivity index (χ4v) is 3.83. The van der Waals surface area contributed by atoms with Gasteiger partial charge in [-0.3, -0.25) is 9.59 Å². The molecule has 0 fully saturated rings. The van der Waals surface area contributed by atoms with Crippen molar-refractivity contribution in [2.45, 2.75) is 51.2 Å². The molecule has 8 heteroatoms. The summed E-state index contributed by atoms with van der Waals surface area (Å²) >= 11 is 5.64. The van der Waals surface area contributed by atoms with Crippen molar-refractivity contribution in [1.82, 2.24) is 5.32 Å². The number of rotatable bonds is 4. The van der Waals surface area contributed by atoms with E-state index in [-0.39, 0.29) is 5.02 Å². The highest BCUT2D eigenvalue weighted by atomic mass is 35.5. The van der Waals surface area contributed by atoms with Gasteiger partial charge in [0.05, 0.1) is 17.3 Å². The molecule has 2 aromatic rings. The van der Waals surface area contributed by atoms with Gasteiger partial charge in [-0.25, -0.2) is 0 Å². The summed E-state index contributed by atoms with van der Waals surface area (Å²) in [5.74, 6) is -2.16. The summed E-state index contributed by atoms with van der Waals surface area (Å²) in [7, 11) is 0. The Kier molecular flexibility index (Phi) is 6.71.